The number of anilines is 1. The number of nitrogens with zero attached hydrogens (tertiary/aromatic N) is 1. The van der Waals surface area contributed by atoms with Crippen LogP contribution in [0.25, 0.3) is 16.8 Å². The topological polar surface area (TPSA) is 62.1 Å². The van der Waals surface area contributed by atoms with E-state index in [1.165, 1.54) is 0 Å². The first-order chi connectivity index (χ1) is 16.1. The molecule has 4 nitrogen and oxygen atoms in total. The van der Waals surface area contributed by atoms with E-state index in [-0.39, 0.29) is 5.57 Å². The van der Waals surface area contributed by atoms with Crippen molar-refractivity contribution in [3.63, 3.8) is 0 Å². The lowest BCUT2D eigenvalue weighted by atomic mass is 10.1. The number of carbonyl (C=O) groups excluding carboxylic acids is 1. The highest BCUT2D eigenvalue weighted by atomic mass is 16.5. The first-order valence-corrected chi connectivity index (χ1v) is 10.7. The number of nitriles is 1. The summed E-state index contributed by atoms with van der Waals surface area (Å²) in [5.41, 5.74) is 4.49. The van der Waals surface area contributed by atoms with Crippen LogP contribution in [0.3, 0.4) is 0 Å². The van der Waals surface area contributed by atoms with E-state index < -0.39 is 5.91 Å². The van der Waals surface area contributed by atoms with Gasteiger partial charge in [-0.2, -0.15) is 5.26 Å². The quantitative estimate of drug-likeness (QED) is 0.276. The van der Waals surface area contributed by atoms with Gasteiger partial charge in [0.05, 0.1) is 0 Å². The van der Waals surface area contributed by atoms with Crippen LogP contribution in [0.4, 0.5) is 5.69 Å². The fourth-order valence-electron chi connectivity index (χ4n) is 3.69. The Morgan fingerprint density at radius 3 is 2.52 bits per heavy atom. The predicted octanol–water partition coefficient (Wildman–Crippen LogP) is 6.58. The molecular formula is C29H24N2O2. The Morgan fingerprint density at radius 1 is 0.939 bits per heavy atom. The van der Waals surface area contributed by atoms with E-state index in [4.69, 9.17) is 4.74 Å². The number of ether oxygens (including phenoxy) is 1. The van der Waals surface area contributed by atoms with Crippen LogP contribution in [0.1, 0.15) is 22.3 Å². The largest absolute Gasteiger partial charge is 0.488 e. The van der Waals surface area contributed by atoms with Crippen molar-refractivity contribution >= 4 is 28.4 Å². The van der Waals surface area contributed by atoms with Gasteiger partial charge in [0.15, 0.2) is 0 Å². The molecule has 0 aromatic heterocycles. The van der Waals surface area contributed by atoms with Gasteiger partial charge in [0, 0.05) is 11.3 Å². The molecule has 0 fully saturated rings. The molecule has 4 heteroatoms. The molecule has 0 aliphatic rings. The molecule has 0 spiro atoms. The van der Waals surface area contributed by atoms with Crippen molar-refractivity contribution in [1.82, 2.24) is 0 Å². The fraction of sp³-hybridized carbons (Fsp3) is 0.103. The summed E-state index contributed by atoms with van der Waals surface area (Å²) in [4.78, 5) is 12.8. The highest BCUT2D eigenvalue weighted by Gasteiger charge is 2.13. The third-order valence-electron chi connectivity index (χ3n) is 5.70. The van der Waals surface area contributed by atoms with Crippen molar-refractivity contribution in [2.24, 2.45) is 0 Å². The number of carbonyl (C=O) groups is 1. The molecule has 0 unspecified atom stereocenters. The second kappa shape index (κ2) is 9.84. The molecule has 0 heterocycles. The van der Waals surface area contributed by atoms with Gasteiger partial charge >= 0.3 is 0 Å². The van der Waals surface area contributed by atoms with Crippen molar-refractivity contribution in [3.8, 4) is 11.8 Å². The first-order valence-electron chi connectivity index (χ1n) is 10.7. The Labute approximate surface area is 193 Å². The smallest absolute Gasteiger partial charge is 0.266 e. The Kier molecular flexibility index (Phi) is 6.52. The third kappa shape index (κ3) is 4.94. The Morgan fingerprint density at radius 2 is 1.67 bits per heavy atom. The maximum absolute atomic E-state index is 12.8. The molecule has 33 heavy (non-hydrogen) atoms. The molecule has 0 saturated heterocycles. The number of hydrogen-bond acceptors (Lipinski definition) is 3. The molecule has 4 aromatic rings. The first kappa shape index (κ1) is 21.9. The van der Waals surface area contributed by atoms with E-state index in [1.54, 1.807) is 6.08 Å². The van der Waals surface area contributed by atoms with Crippen LogP contribution >= 0.6 is 0 Å². The average molecular weight is 433 g/mol. The van der Waals surface area contributed by atoms with Crippen molar-refractivity contribution < 1.29 is 9.53 Å². The van der Waals surface area contributed by atoms with Gasteiger partial charge in [0.1, 0.15) is 24.0 Å². The number of hydrogen-bond donors (Lipinski definition) is 1. The molecular weight excluding hydrogens is 408 g/mol. The fourth-order valence-corrected chi connectivity index (χ4v) is 3.69. The van der Waals surface area contributed by atoms with Gasteiger partial charge in [0.25, 0.3) is 5.91 Å². The Bertz CT molecular complexity index is 1390. The predicted molar refractivity (Wildman–Crippen MR) is 133 cm³/mol. The number of rotatable bonds is 6. The van der Waals surface area contributed by atoms with Gasteiger partial charge < -0.3 is 10.1 Å². The van der Waals surface area contributed by atoms with Crippen molar-refractivity contribution in [2.45, 2.75) is 20.5 Å². The van der Waals surface area contributed by atoms with Crippen LogP contribution in [0, 0.1) is 25.2 Å². The summed E-state index contributed by atoms with van der Waals surface area (Å²) in [5, 5.41) is 14.8. The Hall–Kier alpha value is -4.36. The number of amides is 1. The summed E-state index contributed by atoms with van der Waals surface area (Å²) < 4.78 is 6.12. The maximum atomic E-state index is 12.8. The molecule has 4 aromatic carbocycles. The van der Waals surface area contributed by atoms with Gasteiger partial charge in [-0.05, 0) is 59.5 Å². The van der Waals surface area contributed by atoms with E-state index in [2.05, 4.69) is 23.5 Å². The molecule has 0 saturated carbocycles. The van der Waals surface area contributed by atoms with E-state index in [0.717, 1.165) is 27.5 Å². The summed E-state index contributed by atoms with van der Waals surface area (Å²) in [5.74, 6) is 0.160. The number of aryl methyl sites for hydroxylation is 1. The zero-order chi connectivity index (χ0) is 23.2. The van der Waals surface area contributed by atoms with Crippen molar-refractivity contribution in [2.75, 3.05) is 5.32 Å². The maximum Gasteiger partial charge on any atom is 0.266 e. The number of benzene rings is 4. The normalized spacial score (nSPS) is 11.1. The average Bonchev–Trinajstić information content (AvgIpc) is 2.84. The zero-order valence-electron chi connectivity index (χ0n) is 18.6. The van der Waals surface area contributed by atoms with Crippen LogP contribution in [-0.4, -0.2) is 5.91 Å². The third-order valence-corrected chi connectivity index (χ3v) is 5.70. The van der Waals surface area contributed by atoms with Gasteiger partial charge in [-0.25, -0.2) is 0 Å². The molecule has 162 valence electrons. The van der Waals surface area contributed by atoms with Crippen LogP contribution < -0.4 is 10.1 Å². The Balaban J connectivity index is 1.57. The highest BCUT2D eigenvalue weighted by molar-refractivity contribution is 6.10. The number of nitrogens with one attached hydrogen (secondary N) is 1. The summed E-state index contributed by atoms with van der Waals surface area (Å²) in [6, 6.07) is 29.4. The van der Waals surface area contributed by atoms with Gasteiger partial charge in [-0.1, -0.05) is 72.8 Å². The van der Waals surface area contributed by atoms with Crippen molar-refractivity contribution in [3.05, 3.63) is 113 Å². The van der Waals surface area contributed by atoms with Crippen LogP contribution in [0.5, 0.6) is 5.75 Å². The molecule has 4 rings (SSSR count). The van der Waals surface area contributed by atoms with E-state index in [0.29, 0.717) is 23.6 Å². The lowest BCUT2D eigenvalue weighted by molar-refractivity contribution is -0.112. The molecule has 0 aliphatic carbocycles. The SMILES string of the molecule is Cc1cccc(NC(=O)/C(C#N)=C/c2ccccc2OCc2cccc3ccccc23)c1C. The second-order valence-corrected chi connectivity index (χ2v) is 7.84. The minimum atomic E-state index is -0.449. The summed E-state index contributed by atoms with van der Waals surface area (Å²) >= 11 is 0. The van der Waals surface area contributed by atoms with Gasteiger partial charge in [-0.15, -0.1) is 0 Å². The lowest BCUT2D eigenvalue weighted by Gasteiger charge is -2.12. The van der Waals surface area contributed by atoms with Gasteiger partial charge in [-0.3, -0.25) is 4.79 Å². The molecule has 0 atom stereocenters. The number of fused-ring (bicyclic) bond motifs is 1. The lowest BCUT2D eigenvalue weighted by Crippen LogP contribution is -2.14. The standard InChI is InChI=1S/C29H24N2O2/c1-20-9-7-15-27(21(20)2)31-29(32)25(18-30)17-23-11-4-6-16-28(23)33-19-24-13-8-12-22-10-3-5-14-26(22)24/h3-17H,19H2,1-2H3,(H,31,32)/b25-17+. The molecule has 0 radical (unpaired) electrons. The number of para-hydroxylation sites is 1. The van der Waals surface area contributed by atoms with Crippen LogP contribution in [-0.2, 0) is 11.4 Å². The summed E-state index contributed by atoms with van der Waals surface area (Å²) in [7, 11) is 0. The molecule has 1 N–H and O–H groups in total. The summed E-state index contributed by atoms with van der Waals surface area (Å²) in [6.07, 6.45) is 1.57. The van der Waals surface area contributed by atoms with E-state index in [1.807, 2.05) is 86.6 Å². The van der Waals surface area contributed by atoms with E-state index >= 15 is 0 Å². The van der Waals surface area contributed by atoms with Crippen molar-refractivity contribution in [1.29, 1.82) is 5.26 Å². The van der Waals surface area contributed by atoms with E-state index in [9.17, 15) is 10.1 Å². The zero-order valence-corrected chi connectivity index (χ0v) is 18.6. The summed E-state index contributed by atoms with van der Waals surface area (Å²) in [6.45, 7) is 4.30. The second-order valence-electron chi connectivity index (χ2n) is 7.84. The minimum Gasteiger partial charge on any atom is -0.488 e. The van der Waals surface area contributed by atoms with Crippen LogP contribution in [0.2, 0.25) is 0 Å². The van der Waals surface area contributed by atoms with Gasteiger partial charge in [0.2, 0.25) is 0 Å². The molecule has 1 amide bonds. The minimum absolute atomic E-state index is 0.0112. The molecule has 0 bridgehead atoms. The molecule has 0 aliphatic heterocycles. The van der Waals surface area contributed by atoms with Crippen LogP contribution in [0.15, 0.2) is 90.5 Å². The highest BCUT2D eigenvalue weighted by Crippen LogP contribution is 2.25. The monoisotopic (exact) mass is 432 g/mol.